The lowest BCUT2D eigenvalue weighted by Crippen LogP contribution is -2.31. The van der Waals surface area contributed by atoms with Crippen LogP contribution in [-0.2, 0) is 10.0 Å². The van der Waals surface area contributed by atoms with Crippen LogP contribution in [-0.4, -0.2) is 30.7 Å². The molecule has 0 spiro atoms. The normalized spacial score (nSPS) is 12.8. The van der Waals surface area contributed by atoms with E-state index in [1.165, 1.54) is 30.7 Å². The van der Waals surface area contributed by atoms with Gasteiger partial charge >= 0.3 is 0 Å². The topological polar surface area (TPSA) is 144 Å². The van der Waals surface area contributed by atoms with Crippen molar-refractivity contribution in [1.29, 1.82) is 0 Å². The summed E-state index contributed by atoms with van der Waals surface area (Å²) in [6.07, 6.45) is 14.0. The highest BCUT2D eigenvalue weighted by atomic mass is 35.5. The van der Waals surface area contributed by atoms with E-state index in [2.05, 4.69) is 21.4 Å². The van der Waals surface area contributed by atoms with Crippen LogP contribution in [0.1, 0.15) is 47.3 Å². The SMILES string of the molecule is C#C/C=C\C(=C/C)c1oc2c(C(C)Nc3ccc(Cl)nc3C(=O)NS(C)(=O)=O)cc(C)cc2c(=O)c1-c1cnoc1. The van der Waals surface area contributed by atoms with Gasteiger partial charge in [-0.3, -0.25) is 9.59 Å². The molecule has 210 valence electrons. The molecule has 2 N–H and O–H groups in total. The maximum atomic E-state index is 14.0. The molecule has 1 unspecified atom stereocenters. The highest BCUT2D eigenvalue weighted by Gasteiger charge is 2.24. The summed E-state index contributed by atoms with van der Waals surface area (Å²) in [7, 11) is -3.86. The zero-order chi connectivity index (χ0) is 29.9. The minimum absolute atomic E-state index is 0.00123. The van der Waals surface area contributed by atoms with Gasteiger partial charge in [0.25, 0.3) is 5.91 Å². The van der Waals surface area contributed by atoms with E-state index in [0.29, 0.717) is 27.7 Å². The summed E-state index contributed by atoms with van der Waals surface area (Å²) in [5, 5.41) is 7.24. The number of fused-ring (bicyclic) bond motifs is 1. The van der Waals surface area contributed by atoms with Crippen molar-refractivity contribution in [2.24, 2.45) is 0 Å². The summed E-state index contributed by atoms with van der Waals surface area (Å²) in [6.45, 7) is 5.42. The third-order valence-corrected chi connectivity index (χ3v) is 6.78. The Kier molecular flexibility index (Phi) is 8.47. The maximum absolute atomic E-state index is 14.0. The lowest BCUT2D eigenvalue weighted by atomic mass is 9.96. The molecule has 0 aliphatic carbocycles. The Bertz CT molecular complexity index is 1920. The first-order valence-corrected chi connectivity index (χ1v) is 14.5. The Hall–Kier alpha value is -4.66. The molecular formula is C29H25ClN4O6S. The first-order valence-electron chi connectivity index (χ1n) is 12.2. The molecule has 3 heterocycles. The van der Waals surface area contributed by atoms with Gasteiger partial charge in [-0.15, -0.1) is 6.42 Å². The van der Waals surface area contributed by atoms with E-state index in [0.717, 1.165) is 11.8 Å². The van der Waals surface area contributed by atoms with E-state index in [4.69, 9.17) is 27.0 Å². The standard InChI is InChI=1S/C29H25ClN4O6S/c1-6-8-9-18(7-2)27-24(19-14-31-39-15-19)26(35)21-13-16(3)12-20(28(21)40-27)17(4)32-22-10-11-23(30)33-25(22)29(36)34-41(5,37)38/h1,7-15,17,32H,2-5H3,(H,34,36)/b9-8-,18-7+. The van der Waals surface area contributed by atoms with E-state index >= 15 is 0 Å². The number of carbonyl (C=O) groups is 1. The van der Waals surface area contributed by atoms with Gasteiger partial charge in [-0.2, -0.15) is 0 Å². The molecule has 4 aromatic rings. The summed E-state index contributed by atoms with van der Waals surface area (Å²) < 4.78 is 36.7. The van der Waals surface area contributed by atoms with Crippen molar-refractivity contribution in [3.8, 4) is 23.5 Å². The van der Waals surface area contributed by atoms with Gasteiger partial charge in [0.2, 0.25) is 15.5 Å². The van der Waals surface area contributed by atoms with Crippen molar-refractivity contribution in [1.82, 2.24) is 14.9 Å². The number of terminal acetylenes is 1. The van der Waals surface area contributed by atoms with Crippen molar-refractivity contribution in [2.45, 2.75) is 26.8 Å². The number of benzene rings is 1. The Morgan fingerprint density at radius 2 is 2.02 bits per heavy atom. The molecular weight excluding hydrogens is 568 g/mol. The average molecular weight is 593 g/mol. The van der Waals surface area contributed by atoms with Gasteiger partial charge < -0.3 is 14.3 Å². The van der Waals surface area contributed by atoms with Crippen LogP contribution in [0.3, 0.4) is 0 Å². The van der Waals surface area contributed by atoms with Crippen molar-refractivity contribution in [2.75, 3.05) is 11.6 Å². The molecule has 4 rings (SSSR count). The van der Waals surface area contributed by atoms with E-state index < -0.39 is 22.0 Å². The molecule has 0 saturated heterocycles. The maximum Gasteiger partial charge on any atom is 0.285 e. The highest BCUT2D eigenvalue weighted by molar-refractivity contribution is 7.89. The number of nitrogens with one attached hydrogen (secondary N) is 2. The number of aryl methyl sites for hydroxylation is 1. The number of anilines is 1. The summed E-state index contributed by atoms with van der Waals surface area (Å²) in [5.74, 6) is 1.75. The van der Waals surface area contributed by atoms with E-state index in [1.807, 2.05) is 17.7 Å². The molecule has 1 aromatic carbocycles. The number of carbonyl (C=O) groups excluding carboxylic acids is 1. The molecule has 41 heavy (non-hydrogen) atoms. The minimum atomic E-state index is -3.86. The molecule has 0 fully saturated rings. The summed E-state index contributed by atoms with van der Waals surface area (Å²) in [6, 6.07) is 5.98. The van der Waals surface area contributed by atoms with Gasteiger partial charge in [0.05, 0.1) is 35.1 Å². The minimum Gasteiger partial charge on any atom is -0.455 e. The van der Waals surface area contributed by atoms with Crippen molar-refractivity contribution in [3.05, 3.63) is 92.9 Å². The largest absolute Gasteiger partial charge is 0.455 e. The van der Waals surface area contributed by atoms with Crippen LogP contribution in [0.25, 0.3) is 27.7 Å². The third-order valence-electron chi connectivity index (χ3n) is 6.01. The van der Waals surface area contributed by atoms with Gasteiger partial charge in [-0.1, -0.05) is 34.8 Å². The lowest BCUT2D eigenvalue weighted by Gasteiger charge is -2.20. The molecule has 1 atom stereocenters. The number of sulfonamides is 1. The Labute approximate surface area is 241 Å². The second kappa shape index (κ2) is 11.8. The molecule has 0 bridgehead atoms. The highest BCUT2D eigenvalue weighted by Crippen LogP contribution is 2.35. The number of rotatable bonds is 8. The quantitative estimate of drug-likeness (QED) is 0.159. The summed E-state index contributed by atoms with van der Waals surface area (Å²) in [4.78, 5) is 30.7. The summed E-state index contributed by atoms with van der Waals surface area (Å²) >= 11 is 6.00. The first-order chi connectivity index (χ1) is 19.4. The Morgan fingerprint density at radius 1 is 1.27 bits per heavy atom. The third kappa shape index (κ3) is 6.40. The van der Waals surface area contributed by atoms with Crippen LogP contribution in [0, 0.1) is 19.3 Å². The van der Waals surface area contributed by atoms with E-state index in [-0.39, 0.29) is 33.3 Å². The van der Waals surface area contributed by atoms with Crippen LogP contribution in [0.5, 0.6) is 0 Å². The van der Waals surface area contributed by atoms with Gasteiger partial charge in [-0.25, -0.2) is 18.1 Å². The molecule has 0 aliphatic rings. The predicted molar refractivity (Wildman–Crippen MR) is 158 cm³/mol. The first kappa shape index (κ1) is 29.3. The van der Waals surface area contributed by atoms with Crippen LogP contribution in [0.4, 0.5) is 5.69 Å². The Morgan fingerprint density at radius 3 is 2.66 bits per heavy atom. The van der Waals surface area contributed by atoms with Gasteiger partial charge in [-0.05, 0) is 56.7 Å². The number of nitrogens with zero attached hydrogens (tertiary/aromatic N) is 2. The fourth-order valence-electron chi connectivity index (χ4n) is 4.28. The molecule has 1 amide bonds. The number of pyridine rings is 1. The van der Waals surface area contributed by atoms with E-state index in [1.54, 1.807) is 32.1 Å². The van der Waals surface area contributed by atoms with E-state index in [9.17, 15) is 18.0 Å². The second-order valence-corrected chi connectivity index (χ2v) is 11.3. The van der Waals surface area contributed by atoms with Gasteiger partial charge in [0, 0.05) is 16.7 Å². The number of hydrogen-bond donors (Lipinski definition) is 2. The molecule has 0 saturated carbocycles. The van der Waals surface area contributed by atoms with Crippen molar-refractivity contribution >= 4 is 49.8 Å². The van der Waals surface area contributed by atoms with Crippen molar-refractivity contribution < 1.29 is 22.2 Å². The Balaban J connectivity index is 1.92. The molecule has 12 heteroatoms. The predicted octanol–water partition coefficient (Wildman–Crippen LogP) is 5.26. The monoisotopic (exact) mass is 592 g/mol. The second-order valence-electron chi connectivity index (χ2n) is 9.12. The average Bonchev–Trinajstić information content (AvgIpc) is 3.43. The summed E-state index contributed by atoms with van der Waals surface area (Å²) in [5.41, 5.74) is 2.61. The lowest BCUT2D eigenvalue weighted by molar-refractivity contribution is 0.0977. The number of hydrogen-bond acceptors (Lipinski definition) is 9. The van der Waals surface area contributed by atoms with Crippen LogP contribution in [0.2, 0.25) is 5.15 Å². The number of halogens is 1. The van der Waals surface area contributed by atoms with Crippen molar-refractivity contribution in [3.63, 3.8) is 0 Å². The molecule has 10 nitrogen and oxygen atoms in total. The van der Waals surface area contributed by atoms with Crippen LogP contribution >= 0.6 is 11.6 Å². The fraction of sp³-hybridized carbons (Fsp3) is 0.172. The number of allylic oxidation sites excluding steroid dienone is 4. The smallest absolute Gasteiger partial charge is 0.285 e. The van der Waals surface area contributed by atoms with Gasteiger partial charge in [0.1, 0.15) is 22.8 Å². The van der Waals surface area contributed by atoms with Crippen LogP contribution in [0.15, 0.2) is 68.7 Å². The molecule has 0 radical (unpaired) electrons. The van der Waals surface area contributed by atoms with Gasteiger partial charge in [0.15, 0.2) is 5.69 Å². The number of aromatic nitrogens is 2. The zero-order valence-corrected chi connectivity index (χ0v) is 24.1. The molecule has 0 aliphatic heterocycles. The molecule has 3 aromatic heterocycles. The fourth-order valence-corrected chi connectivity index (χ4v) is 4.86. The van der Waals surface area contributed by atoms with Crippen LogP contribution < -0.4 is 15.5 Å². The number of amides is 1. The zero-order valence-electron chi connectivity index (χ0n) is 22.5.